The van der Waals surface area contributed by atoms with Gasteiger partial charge in [-0.1, -0.05) is 43.3 Å². The van der Waals surface area contributed by atoms with E-state index in [-0.39, 0.29) is 11.9 Å². The Balaban J connectivity index is 2.28. The van der Waals surface area contributed by atoms with Gasteiger partial charge in [-0.2, -0.15) is 0 Å². The molecule has 0 heterocycles. The number of carbonyl (C=O) groups is 2. The summed E-state index contributed by atoms with van der Waals surface area (Å²) in [6.45, 7) is 3.79. The zero-order valence-electron chi connectivity index (χ0n) is 15.3. The number of carbonyl (C=O) groups excluding carboxylic acids is 2. The molecule has 0 saturated carbocycles. The molecule has 0 unspecified atom stereocenters. The lowest BCUT2D eigenvalue weighted by Crippen LogP contribution is -2.93. The molecule has 0 aliphatic rings. The van der Waals surface area contributed by atoms with Crippen molar-refractivity contribution in [3.05, 3.63) is 71.0 Å². The van der Waals surface area contributed by atoms with Gasteiger partial charge in [0.15, 0.2) is 6.04 Å². The van der Waals surface area contributed by atoms with E-state index < -0.39 is 18.0 Å². The molecule has 138 valence electrons. The number of halogens is 1. The van der Waals surface area contributed by atoms with Gasteiger partial charge in [0.2, 0.25) is 0 Å². The molecule has 0 saturated heterocycles. The molecule has 6 heteroatoms. The molecule has 0 aliphatic carbocycles. The average Bonchev–Trinajstić information content (AvgIpc) is 2.65. The van der Waals surface area contributed by atoms with Crippen LogP contribution in [0.2, 0.25) is 0 Å². The molecule has 26 heavy (non-hydrogen) atoms. The Hall–Kier alpha value is -2.73. The summed E-state index contributed by atoms with van der Waals surface area (Å²) in [5.74, 6) is -0.732. The molecular formula is C20H25FN3O2+. The summed E-state index contributed by atoms with van der Waals surface area (Å²) in [4.78, 5) is 23.6. The third-order valence-electron chi connectivity index (χ3n) is 4.31. The SMILES string of the molecule is CCc1ccc([C@H]([NH2+][C@@H](C)C(=O)NC(=O)NC)c2cccc(F)c2)cc1. The molecular weight excluding hydrogens is 333 g/mol. The highest BCUT2D eigenvalue weighted by Crippen LogP contribution is 2.20. The molecule has 0 fully saturated rings. The highest BCUT2D eigenvalue weighted by Gasteiger charge is 2.26. The highest BCUT2D eigenvalue weighted by atomic mass is 19.1. The lowest BCUT2D eigenvalue weighted by Gasteiger charge is -2.21. The van der Waals surface area contributed by atoms with Gasteiger partial charge >= 0.3 is 6.03 Å². The first-order chi connectivity index (χ1) is 12.4. The van der Waals surface area contributed by atoms with Crippen molar-refractivity contribution in [1.82, 2.24) is 10.6 Å². The fraction of sp³-hybridized carbons (Fsp3) is 0.300. The van der Waals surface area contributed by atoms with Crippen molar-refractivity contribution in [2.75, 3.05) is 7.05 Å². The Kier molecular flexibility index (Phi) is 6.86. The van der Waals surface area contributed by atoms with Crippen LogP contribution >= 0.6 is 0 Å². The van der Waals surface area contributed by atoms with Crippen molar-refractivity contribution in [1.29, 1.82) is 0 Å². The number of urea groups is 1. The van der Waals surface area contributed by atoms with Crippen molar-refractivity contribution in [3.8, 4) is 0 Å². The molecule has 2 aromatic rings. The predicted octanol–water partition coefficient (Wildman–Crippen LogP) is 1.89. The van der Waals surface area contributed by atoms with E-state index in [4.69, 9.17) is 0 Å². The molecule has 4 N–H and O–H groups in total. The molecule has 0 bridgehead atoms. The van der Waals surface area contributed by atoms with Crippen LogP contribution in [0.25, 0.3) is 0 Å². The van der Waals surface area contributed by atoms with Crippen molar-refractivity contribution >= 4 is 11.9 Å². The van der Waals surface area contributed by atoms with Gasteiger partial charge in [0.1, 0.15) is 11.9 Å². The molecule has 2 atom stereocenters. The van der Waals surface area contributed by atoms with E-state index in [0.29, 0.717) is 0 Å². The number of hydrogen-bond acceptors (Lipinski definition) is 2. The number of imide groups is 1. The van der Waals surface area contributed by atoms with E-state index in [1.54, 1.807) is 13.0 Å². The van der Waals surface area contributed by atoms with Gasteiger partial charge in [0.25, 0.3) is 5.91 Å². The highest BCUT2D eigenvalue weighted by molar-refractivity contribution is 5.95. The number of amides is 3. The number of nitrogens with one attached hydrogen (secondary N) is 2. The first-order valence-corrected chi connectivity index (χ1v) is 8.66. The minimum Gasteiger partial charge on any atom is -0.341 e. The standard InChI is InChI=1S/C20H24FN3O2/c1-4-14-8-10-15(11-9-14)18(16-6-5-7-17(21)12-16)23-13(2)19(25)24-20(26)22-3/h5-13,18,23H,4H2,1-3H3,(H2,22,24,25,26)/p+1/t13-,18-/m0/s1. The Bertz CT molecular complexity index is 762. The normalized spacial score (nSPS) is 12.9. The summed E-state index contributed by atoms with van der Waals surface area (Å²) in [7, 11) is 1.45. The number of hydrogen-bond donors (Lipinski definition) is 3. The van der Waals surface area contributed by atoms with Gasteiger partial charge in [-0.15, -0.1) is 0 Å². The molecule has 0 aliphatic heterocycles. The number of nitrogens with two attached hydrogens (primary N) is 1. The van der Waals surface area contributed by atoms with Gasteiger partial charge in [0, 0.05) is 18.2 Å². The summed E-state index contributed by atoms with van der Waals surface area (Å²) in [6, 6.07) is 13.1. The zero-order valence-corrected chi connectivity index (χ0v) is 15.3. The number of aryl methyl sites for hydroxylation is 1. The molecule has 0 spiro atoms. The Morgan fingerprint density at radius 2 is 1.81 bits per heavy atom. The van der Waals surface area contributed by atoms with E-state index in [9.17, 15) is 14.0 Å². The molecule has 2 rings (SSSR count). The summed E-state index contributed by atoms with van der Waals surface area (Å²) in [5, 5.41) is 6.45. The lowest BCUT2D eigenvalue weighted by atomic mass is 9.96. The maximum atomic E-state index is 13.7. The Morgan fingerprint density at radius 1 is 1.12 bits per heavy atom. The smallest absolute Gasteiger partial charge is 0.321 e. The average molecular weight is 358 g/mol. The monoisotopic (exact) mass is 358 g/mol. The lowest BCUT2D eigenvalue weighted by molar-refractivity contribution is -0.704. The van der Waals surface area contributed by atoms with Crippen LogP contribution in [0.4, 0.5) is 9.18 Å². The maximum Gasteiger partial charge on any atom is 0.321 e. The fourth-order valence-corrected chi connectivity index (χ4v) is 2.74. The zero-order chi connectivity index (χ0) is 19.1. The van der Waals surface area contributed by atoms with E-state index in [1.807, 2.05) is 35.6 Å². The topological polar surface area (TPSA) is 74.8 Å². The minimum atomic E-state index is -0.551. The molecule has 2 aromatic carbocycles. The van der Waals surface area contributed by atoms with Gasteiger partial charge in [-0.05, 0) is 31.0 Å². The van der Waals surface area contributed by atoms with Crippen LogP contribution in [0.15, 0.2) is 48.5 Å². The second-order valence-corrected chi connectivity index (χ2v) is 6.18. The second kappa shape index (κ2) is 9.10. The van der Waals surface area contributed by atoms with E-state index in [0.717, 1.165) is 17.5 Å². The molecule has 5 nitrogen and oxygen atoms in total. The van der Waals surface area contributed by atoms with Crippen LogP contribution in [0, 0.1) is 5.82 Å². The Labute approximate surface area is 153 Å². The summed E-state index contributed by atoms with van der Waals surface area (Å²) in [6.07, 6.45) is 0.930. The van der Waals surface area contributed by atoms with Crippen LogP contribution in [0.3, 0.4) is 0 Å². The van der Waals surface area contributed by atoms with Gasteiger partial charge in [-0.25, -0.2) is 9.18 Å². The van der Waals surface area contributed by atoms with Crippen LogP contribution in [-0.4, -0.2) is 25.0 Å². The van der Waals surface area contributed by atoms with Crippen LogP contribution < -0.4 is 16.0 Å². The summed E-state index contributed by atoms with van der Waals surface area (Å²) >= 11 is 0. The first-order valence-electron chi connectivity index (χ1n) is 8.66. The fourth-order valence-electron chi connectivity index (χ4n) is 2.74. The van der Waals surface area contributed by atoms with E-state index >= 15 is 0 Å². The van der Waals surface area contributed by atoms with E-state index in [1.165, 1.54) is 24.7 Å². The van der Waals surface area contributed by atoms with Crippen molar-refractivity contribution in [3.63, 3.8) is 0 Å². The van der Waals surface area contributed by atoms with Gasteiger partial charge in [-0.3, -0.25) is 10.1 Å². The molecule has 0 radical (unpaired) electrons. The number of benzene rings is 2. The summed E-state index contributed by atoms with van der Waals surface area (Å²) < 4.78 is 13.7. The van der Waals surface area contributed by atoms with Crippen molar-refractivity contribution in [2.45, 2.75) is 32.4 Å². The molecule has 0 aromatic heterocycles. The summed E-state index contributed by atoms with van der Waals surface area (Å²) in [5.41, 5.74) is 2.93. The largest absolute Gasteiger partial charge is 0.341 e. The third kappa shape index (κ3) is 5.13. The maximum absolute atomic E-state index is 13.7. The number of quaternary nitrogens is 1. The van der Waals surface area contributed by atoms with Crippen LogP contribution in [0.5, 0.6) is 0 Å². The van der Waals surface area contributed by atoms with Gasteiger partial charge < -0.3 is 10.6 Å². The number of rotatable bonds is 6. The van der Waals surface area contributed by atoms with Gasteiger partial charge in [0.05, 0.1) is 0 Å². The van der Waals surface area contributed by atoms with Crippen LogP contribution in [0.1, 0.15) is 36.6 Å². The first kappa shape index (κ1) is 19.6. The minimum absolute atomic E-state index is 0.262. The van der Waals surface area contributed by atoms with E-state index in [2.05, 4.69) is 17.6 Å². The quantitative estimate of drug-likeness (QED) is 0.738. The third-order valence-corrected chi connectivity index (χ3v) is 4.31. The second-order valence-electron chi connectivity index (χ2n) is 6.18. The van der Waals surface area contributed by atoms with Crippen molar-refractivity contribution in [2.24, 2.45) is 0 Å². The Morgan fingerprint density at radius 3 is 2.38 bits per heavy atom. The van der Waals surface area contributed by atoms with Crippen LogP contribution in [-0.2, 0) is 11.2 Å². The predicted molar refractivity (Wildman–Crippen MR) is 98.0 cm³/mol. The van der Waals surface area contributed by atoms with Crippen molar-refractivity contribution < 1.29 is 19.3 Å². The molecule has 3 amide bonds.